The van der Waals surface area contributed by atoms with Crippen LogP contribution in [0.3, 0.4) is 0 Å². The number of aryl methyl sites for hydroxylation is 1. The summed E-state index contributed by atoms with van der Waals surface area (Å²) in [6.45, 7) is 6.79. The Morgan fingerprint density at radius 2 is 1.71 bits per heavy atom. The van der Waals surface area contributed by atoms with Crippen molar-refractivity contribution in [2.75, 3.05) is 17.5 Å². The van der Waals surface area contributed by atoms with E-state index in [0.29, 0.717) is 18.5 Å². The number of amides is 1. The first-order chi connectivity index (χ1) is 17.8. The molecule has 1 amide bonds. The third kappa shape index (κ3) is 9.16. The van der Waals surface area contributed by atoms with Gasteiger partial charge in [0.1, 0.15) is 5.75 Å². The van der Waals surface area contributed by atoms with Crippen molar-refractivity contribution in [1.29, 1.82) is 0 Å². The second kappa shape index (κ2) is 12.4. The Balaban J connectivity index is 1.56. The number of nitrogens with one attached hydrogen (secondary N) is 3. The van der Waals surface area contributed by atoms with Crippen LogP contribution in [-0.2, 0) is 34.2 Å². The fourth-order valence-electron chi connectivity index (χ4n) is 4.21. The molecule has 5 N–H and O–H groups in total. The number of hydrogen-bond donors (Lipinski definition) is 5. The lowest BCUT2D eigenvalue weighted by Gasteiger charge is -2.28. The van der Waals surface area contributed by atoms with Gasteiger partial charge in [-0.25, -0.2) is 8.42 Å². The largest absolute Gasteiger partial charge is 0.506 e. The van der Waals surface area contributed by atoms with Gasteiger partial charge in [0.25, 0.3) is 0 Å². The van der Waals surface area contributed by atoms with Gasteiger partial charge in [-0.2, -0.15) is 0 Å². The standard InChI is InChI=1S/C29H37N3O5S/c1-20-8-5-6-11-24(20)18-30-28(35)15-21-9-7-10-22(14-21)17-29(2,3)31-19-27(34)23-12-13-26(33)25(16-23)32-38(4,36)37/h5-14,16,27,31-34H,15,17-19H2,1-4H3,(H,30,35)/t27-/m1/s1. The van der Waals surface area contributed by atoms with E-state index in [1.807, 2.05) is 69.3 Å². The van der Waals surface area contributed by atoms with E-state index in [-0.39, 0.29) is 35.8 Å². The summed E-state index contributed by atoms with van der Waals surface area (Å²) in [5.74, 6) is -0.257. The van der Waals surface area contributed by atoms with Gasteiger partial charge in [-0.05, 0) is 67.1 Å². The molecule has 3 rings (SSSR count). The number of aliphatic hydroxyl groups excluding tert-OH is 1. The lowest BCUT2D eigenvalue weighted by atomic mass is 9.93. The minimum absolute atomic E-state index is 0.0167. The summed E-state index contributed by atoms with van der Waals surface area (Å²) >= 11 is 0. The summed E-state index contributed by atoms with van der Waals surface area (Å²) in [7, 11) is -3.57. The second-order valence-electron chi connectivity index (χ2n) is 10.3. The minimum Gasteiger partial charge on any atom is -0.506 e. The van der Waals surface area contributed by atoms with Crippen LogP contribution in [0.2, 0.25) is 0 Å². The highest BCUT2D eigenvalue weighted by Crippen LogP contribution is 2.28. The zero-order valence-electron chi connectivity index (χ0n) is 22.3. The highest BCUT2D eigenvalue weighted by atomic mass is 32.2. The zero-order chi connectivity index (χ0) is 27.9. The molecule has 204 valence electrons. The highest BCUT2D eigenvalue weighted by molar-refractivity contribution is 7.92. The summed E-state index contributed by atoms with van der Waals surface area (Å²) < 4.78 is 25.3. The van der Waals surface area contributed by atoms with Gasteiger partial charge < -0.3 is 20.8 Å². The Bertz CT molecular complexity index is 1370. The molecule has 0 aliphatic carbocycles. The first-order valence-electron chi connectivity index (χ1n) is 12.4. The van der Waals surface area contributed by atoms with Crippen molar-refractivity contribution in [1.82, 2.24) is 10.6 Å². The van der Waals surface area contributed by atoms with Crippen LogP contribution in [0.25, 0.3) is 0 Å². The molecule has 0 radical (unpaired) electrons. The molecule has 0 aliphatic rings. The summed E-state index contributed by atoms with van der Waals surface area (Å²) in [6.07, 6.45) is 1.02. The number of β-amino-alcohol motifs (C(OH)–C–C–N with tert-alkyl or cyclic N) is 1. The van der Waals surface area contributed by atoms with Gasteiger partial charge in [0, 0.05) is 18.6 Å². The number of sulfonamides is 1. The fraction of sp³-hybridized carbons (Fsp3) is 0.345. The summed E-state index contributed by atoms with van der Waals surface area (Å²) in [4.78, 5) is 12.5. The first-order valence-corrected chi connectivity index (χ1v) is 14.3. The summed E-state index contributed by atoms with van der Waals surface area (Å²) in [5, 5.41) is 27.0. The number of hydrogen-bond acceptors (Lipinski definition) is 6. The van der Waals surface area contributed by atoms with E-state index >= 15 is 0 Å². The predicted octanol–water partition coefficient (Wildman–Crippen LogP) is 3.58. The lowest BCUT2D eigenvalue weighted by molar-refractivity contribution is -0.120. The van der Waals surface area contributed by atoms with Gasteiger partial charge in [0.15, 0.2) is 0 Å². The number of anilines is 1. The Morgan fingerprint density at radius 3 is 2.42 bits per heavy atom. The molecule has 0 fully saturated rings. The summed E-state index contributed by atoms with van der Waals surface area (Å²) in [5.41, 5.74) is 4.34. The Morgan fingerprint density at radius 1 is 1.00 bits per heavy atom. The average molecular weight is 540 g/mol. The highest BCUT2D eigenvalue weighted by Gasteiger charge is 2.21. The molecule has 0 aliphatic heterocycles. The molecule has 8 nitrogen and oxygen atoms in total. The monoisotopic (exact) mass is 539 g/mol. The molecular formula is C29H37N3O5S. The van der Waals surface area contributed by atoms with E-state index in [9.17, 15) is 23.4 Å². The fourth-order valence-corrected chi connectivity index (χ4v) is 4.77. The topological polar surface area (TPSA) is 128 Å². The van der Waals surface area contributed by atoms with Gasteiger partial charge in [-0.1, -0.05) is 54.6 Å². The van der Waals surface area contributed by atoms with E-state index in [2.05, 4.69) is 15.4 Å². The van der Waals surface area contributed by atoms with E-state index in [4.69, 9.17) is 0 Å². The predicted molar refractivity (Wildman–Crippen MR) is 150 cm³/mol. The van der Waals surface area contributed by atoms with Crippen molar-refractivity contribution >= 4 is 21.6 Å². The van der Waals surface area contributed by atoms with Crippen molar-refractivity contribution < 1.29 is 23.4 Å². The molecule has 3 aromatic carbocycles. The van der Waals surface area contributed by atoms with Crippen molar-refractivity contribution in [3.8, 4) is 5.75 Å². The van der Waals surface area contributed by atoms with Crippen LogP contribution in [-0.4, -0.2) is 42.9 Å². The van der Waals surface area contributed by atoms with E-state index in [1.54, 1.807) is 6.07 Å². The quantitative estimate of drug-likeness (QED) is 0.224. The molecule has 0 unspecified atom stereocenters. The smallest absolute Gasteiger partial charge is 0.229 e. The van der Waals surface area contributed by atoms with Crippen molar-refractivity contribution in [3.63, 3.8) is 0 Å². The summed E-state index contributed by atoms with van der Waals surface area (Å²) in [6, 6.07) is 20.2. The van der Waals surface area contributed by atoms with Crippen molar-refractivity contribution in [2.24, 2.45) is 0 Å². The Kier molecular flexibility index (Phi) is 9.54. The number of phenols is 1. The molecule has 0 saturated carbocycles. The lowest BCUT2D eigenvalue weighted by Crippen LogP contribution is -2.43. The maximum Gasteiger partial charge on any atom is 0.229 e. The molecule has 0 saturated heterocycles. The van der Waals surface area contributed by atoms with Crippen LogP contribution >= 0.6 is 0 Å². The number of benzene rings is 3. The average Bonchev–Trinajstić information content (AvgIpc) is 2.82. The van der Waals surface area contributed by atoms with Crippen molar-refractivity contribution in [2.45, 2.75) is 51.8 Å². The van der Waals surface area contributed by atoms with Crippen LogP contribution in [0.15, 0.2) is 66.7 Å². The first kappa shape index (κ1) is 29.2. The van der Waals surface area contributed by atoms with Crippen LogP contribution in [0.4, 0.5) is 5.69 Å². The minimum atomic E-state index is -3.57. The Hall–Kier alpha value is -3.40. The molecule has 9 heteroatoms. The Labute approximate surface area is 225 Å². The normalized spacial score (nSPS) is 12.7. The molecule has 3 aromatic rings. The molecular weight excluding hydrogens is 502 g/mol. The van der Waals surface area contributed by atoms with E-state index < -0.39 is 16.1 Å². The number of carbonyl (C=O) groups is 1. The number of carbonyl (C=O) groups excluding carboxylic acids is 1. The van der Waals surface area contributed by atoms with Gasteiger partial charge in [-0.3, -0.25) is 9.52 Å². The molecule has 0 bridgehead atoms. The van der Waals surface area contributed by atoms with Crippen LogP contribution in [0, 0.1) is 6.92 Å². The number of aromatic hydroxyl groups is 1. The van der Waals surface area contributed by atoms with Gasteiger partial charge in [-0.15, -0.1) is 0 Å². The van der Waals surface area contributed by atoms with E-state index in [0.717, 1.165) is 28.5 Å². The second-order valence-corrected chi connectivity index (χ2v) is 12.1. The van der Waals surface area contributed by atoms with Gasteiger partial charge in [0.2, 0.25) is 15.9 Å². The molecule has 0 aromatic heterocycles. The maximum absolute atomic E-state index is 12.5. The van der Waals surface area contributed by atoms with Crippen molar-refractivity contribution in [3.05, 3.63) is 94.5 Å². The third-order valence-electron chi connectivity index (χ3n) is 6.21. The molecule has 0 spiro atoms. The molecule has 1 atom stereocenters. The van der Waals surface area contributed by atoms with Crippen LogP contribution < -0.4 is 15.4 Å². The SMILES string of the molecule is Cc1ccccc1CNC(=O)Cc1cccc(CC(C)(C)NC[C@@H](O)c2ccc(O)c(NS(C)(=O)=O)c2)c1. The molecule has 38 heavy (non-hydrogen) atoms. The van der Waals surface area contributed by atoms with E-state index in [1.165, 1.54) is 12.1 Å². The van der Waals surface area contributed by atoms with Gasteiger partial charge >= 0.3 is 0 Å². The number of aliphatic hydroxyl groups is 1. The number of rotatable bonds is 12. The maximum atomic E-state index is 12.5. The third-order valence-corrected chi connectivity index (χ3v) is 6.80. The van der Waals surface area contributed by atoms with Crippen LogP contribution in [0.1, 0.15) is 47.8 Å². The zero-order valence-corrected chi connectivity index (χ0v) is 23.1. The number of phenolic OH excluding ortho intramolecular Hbond substituents is 1. The van der Waals surface area contributed by atoms with Crippen LogP contribution in [0.5, 0.6) is 5.75 Å². The van der Waals surface area contributed by atoms with Gasteiger partial charge in [0.05, 0.1) is 24.5 Å². The molecule has 0 heterocycles.